The number of alkyl halides is 3. The molecule has 0 spiro atoms. The maximum atomic E-state index is 13.2. The van der Waals surface area contributed by atoms with Crippen molar-refractivity contribution in [2.75, 3.05) is 18.0 Å². The fourth-order valence-electron chi connectivity index (χ4n) is 3.79. The zero-order valence-corrected chi connectivity index (χ0v) is 19.0. The molecular weight excluding hydrogens is 464 g/mol. The first-order chi connectivity index (χ1) is 16.7. The van der Waals surface area contributed by atoms with Gasteiger partial charge in [0.25, 0.3) is 5.91 Å². The third kappa shape index (κ3) is 6.06. The van der Waals surface area contributed by atoms with Crippen molar-refractivity contribution in [3.63, 3.8) is 0 Å². The number of halogens is 4. The lowest BCUT2D eigenvalue weighted by molar-refractivity contribution is -0.137. The summed E-state index contributed by atoms with van der Waals surface area (Å²) in [6, 6.07) is 10.6. The number of hydrogen-bond acceptors (Lipinski definition) is 5. The zero-order chi connectivity index (χ0) is 25.0. The van der Waals surface area contributed by atoms with Gasteiger partial charge in [0, 0.05) is 25.8 Å². The molecule has 2 aromatic carbocycles. The van der Waals surface area contributed by atoms with Crippen molar-refractivity contribution < 1.29 is 27.1 Å². The van der Waals surface area contributed by atoms with E-state index in [2.05, 4.69) is 15.3 Å². The van der Waals surface area contributed by atoms with Crippen molar-refractivity contribution >= 4 is 11.7 Å². The molecule has 0 saturated carbocycles. The van der Waals surface area contributed by atoms with E-state index in [1.165, 1.54) is 30.5 Å². The quantitative estimate of drug-likeness (QED) is 0.457. The number of ether oxygens (including phenoxy) is 1. The number of carbonyl (C=O) groups is 1. The molecule has 4 rings (SSSR count). The third-order valence-electron chi connectivity index (χ3n) is 5.75. The van der Waals surface area contributed by atoms with Crippen molar-refractivity contribution in [2.24, 2.45) is 0 Å². The molecule has 1 saturated heterocycles. The summed E-state index contributed by atoms with van der Waals surface area (Å²) < 4.78 is 57.3. The van der Waals surface area contributed by atoms with Crippen molar-refractivity contribution in [2.45, 2.75) is 38.6 Å². The molecule has 0 aliphatic carbocycles. The molecule has 1 aliphatic rings. The van der Waals surface area contributed by atoms with Gasteiger partial charge in [-0.3, -0.25) is 4.79 Å². The Morgan fingerprint density at radius 2 is 1.74 bits per heavy atom. The Kier molecular flexibility index (Phi) is 7.18. The minimum Gasteiger partial charge on any atom is -0.456 e. The van der Waals surface area contributed by atoms with Gasteiger partial charge < -0.3 is 15.0 Å². The van der Waals surface area contributed by atoms with Crippen LogP contribution in [0.2, 0.25) is 0 Å². The molecular formula is C25H24F4N4O2. The predicted molar refractivity (Wildman–Crippen MR) is 122 cm³/mol. The minimum atomic E-state index is -4.41. The summed E-state index contributed by atoms with van der Waals surface area (Å²) in [5.74, 6) is -0.353. The van der Waals surface area contributed by atoms with Crippen LogP contribution in [0.15, 0.2) is 54.7 Å². The normalized spacial score (nSPS) is 14.6. The number of rotatable bonds is 7. The highest BCUT2D eigenvalue weighted by Crippen LogP contribution is 2.29. The summed E-state index contributed by atoms with van der Waals surface area (Å²) in [7, 11) is 0. The maximum absolute atomic E-state index is 13.2. The average Bonchev–Trinajstić information content (AvgIpc) is 3.37. The first-order valence-electron chi connectivity index (χ1n) is 11.2. The molecule has 1 N–H and O–H groups in total. The topological polar surface area (TPSA) is 67.3 Å². The van der Waals surface area contributed by atoms with Crippen LogP contribution < -0.4 is 15.0 Å². The second kappa shape index (κ2) is 10.3. The average molecular weight is 488 g/mol. The van der Waals surface area contributed by atoms with E-state index in [-0.39, 0.29) is 23.9 Å². The summed E-state index contributed by atoms with van der Waals surface area (Å²) in [4.78, 5) is 23.6. The Morgan fingerprint density at radius 3 is 2.37 bits per heavy atom. The number of nitrogens with one attached hydrogen (secondary N) is 1. The van der Waals surface area contributed by atoms with Gasteiger partial charge in [-0.25, -0.2) is 9.37 Å². The Hall–Kier alpha value is -3.69. The van der Waals surface area contributed by atoms with E-state index in [1.807, 2.05) is 4.90 Å². The Labute approximate surface area is 200 Å². The molecule has 184 valence electrons. The van der Waals surface area contributed by atoms with Gasteiger partial charge in [0.15, 0.2) is 0 Å². The predicted octanol–water partition coefficient (Wildman–Crippen LogP) is 5.30. The lowest BCUT2D eigenvalue weighted by Gasteiger charge is -2.21. The van der Waals surface area contributed by atoms with Crippen molar-refractivity contribution in [3.05, 3.63) is 82.8 Å². The van der Waals surface area contributed by atoms with E-state index in [0.717, 1.165) is 43.6 Å². The Balaban J connectivity index is 1.49. The van der Waals surface area contributed by atoms with Crippen LogP contribution in [0.3, 0.4) is 0 Å². The van der Waals surface area contributed by atoms with Gasteiger partial charge in [-0.15, -0.1) is 0 Å². The number of aromatic nitrogens is 2. The summed E-state index contributed by atoms with van der Waals surface area (Å²) >= 11 is 0. The lowest BCUT2D eigenvalue weighted by Crippen LogP contribution is -2.28. The number of hydrogen-bond donors (Lipinski definition) is 1. The SMILES string of the molecule is CC(Oc1ncc(C(=O)NCc2ccc(C(F)(F)F)cc2)c(N2CCCC2)n1)c1ccc(F)cc1. The fourth-order valence-corrected chi connectivity index (χ4v) is 3.79. The van der Waals surface area contributed by atoms with Gasteiger partial charge in [0.05, 0.1) is 5.56 Å². The molecule has 3 aromatic rings. The van der Waals surface area contributed by atoms with Gasteiger partial charge in [-0.2, -0.15) is 18.2 Å². The molecule has 1 fully saturated rings. The monoisotopic (exact) mass is 488 g/mol. The second-order valence-electron chi connectivity index (χ2n) is 8.27. The van der Waals surface area contributed by atoms with E-state index < -0.39 is 23.8 Å². The van der Waals surface area contributed by atoms with E-state index >= 15 is 0 Å². The highest BCUT2D eigenvalue weighted by atomic mass is 19.4. The van der Waals surface area contributed by atoms with Crippen LogP contribution in [0.5, 0.6) is 6.01 Å². The fraction of sp³-hybridized carbons (Fsp3) is 0.320. The number of amides is 1. The minimum absolute atomic E-state index is 0.0518. The van der Waals surface area contributed by atoms with E-state index in [9.17, 15) is 22.4 Å². The van der Waals surface area contributed by atoms with Crippen molar-refractivity contribution in [3.8, 4) is 6.01 Å². The summed E-state index contributed by atoms with van der Waals surface area (Å²) in [6.07, 6.45) is -1.56. The largest absolute Gasteiger partial charge is 0.456 e. The maximum Gasteiger partial charge on any atom is 0.416 e. The number of anilines is 1. The molecule has 0 radical (unpaired) electrons. The number of benzene rings is 2. The molecule has 6 nitrogen and oxygen atoms in total. The van der Waals surface area contributed by atoms with Crippen LogP contribution in [0.25, 0.3) is 0 Å². The van der Waals surface area contributed by atoms with E-state index in [1.54, 1.807) is 19.1 Å². The van der Waals surface area contributed by atoms with Gasteiger partial charge >= 0.3 is 12.2 Å². The van der Waals surface area contributed by atoms with Crippen LogP contribution in [0, 0.1) is 5.82 Å². The molecule has 1 amide bonds. The summed E-state index contributed by atoms with van der Waals surface area (Å²) in [5, 5.41) is 2.73. The molecule has 10 heteroatoms. The summed E-state index contributed by atoms with van der Waals surface area (Å²) in [6.45, 7) is 3.29. The molecule has 2 heterocycles. The van der Waals surface area contributed by atoms with E-state index in [4.69, 9.17) is 4.74 Å². The molecule has 35 heavy (non-hydrogen) atoms. The summed E-state index contributed by atoms with van der Waals surface area (Å²) in [5.41, 5.74) is 0.780. The standard InChI is InChI=1S/C25H24F4N4O2/c1-16(18-6-10-20(26)11-7-18)35-24-31-15-21(22(32-24)33-12-2-3-13-33)23(34)30-14-17-4-8-19(9-5-17)25(27,28)29/h4-11,15-16H,2-3,12-14H2,1H3,(H,30,34). The Morgan fingerprint density at radius 1 is 1.09 bits per heavy atom. The molecule has 1 atom stereocenters. The molecule has 0 bridgehead atoms. The van der Waals surface area contributed by atoms with Gasteiger partial charge in [-0.05, 0) is 55.2 Å². The van der Waals surface area contributed by atoms with E-state index in [0.29, 0.717) is 11.4 Å². The smallest absolute Gasteiger partial charge is 0.416 e. The first kappa shape index (κ1) is 24.4. The van der Waals surface area contributed by atoms with Crippen LogP contribution >= 0.6 is 0 Å². The van der Waals surface area contributed by atoms with Crippen molar-refractivity contribution in [1.29, 1.82) is 0 Å². The zero-order valence-electron chi connectivity index (χ0n) is 19.0. The van der Waals surface area contributed by atoms with Crippen LogP contribution in [-0.2, 0) is 12.7 Å². The van der Waals surface area contributed by atoms with Crippen molar-refractivity contribution in [1.82, 2.24) is 15.3 Å². The van der Waals surface area contributed by atoms with Gasteiger partial charge in [0.1, 0.15) is 23.3 Å². The number of nitrogens with zero attached hydrogens (tertiary/aromatic N) is 3. The van der Waals surface area contributed by atoms with Gasteiger partial charge in [-0.1, -0.05) is 24.3 Å². The lowest BCUT2D eigenvalue weighted by atomic mass is 10.1. The third-order valence-corrected chi connectivity index (χ3v) is 5.75. The first-order valence-corrected chi connectivity index (χ1v) is 11.2. The highest BCUT2D eigenvalue weighted by Gasteiger charge is 2.30. The molecule has 1 aliphatic heterocycles. The van der Waals surface area contributed by atoms with Crippen LogP contribution in [0.1, 0.15) is 52.9 Å². The van der Waals surface area contributed by atoms with Crippen LogP contribution in [0.4, 0.5) is 23.4 Å². The Bertz CT molecular complexity index is 1160. The second-order valence-corrected chi connectivity index (χ2v) is 8.27. The highest BCUT2D eigenvalue weighted by molar-refractivity contribution is 5.98. The number of carbonyl (C=O) groups excluding carboxylic acids is 1. The van der Waals surface area contributed by atoms with Gasteiger partial charge in [0.2, 0.25) is 0 Å². The molecule has 1 aromatic heterocycles. The molecule has 1 unspecified atom stereocenters. The van der Waals surface area contributed by atoms with Crippen LogP contribution in [-0.4, -0.2) is 29.0 Å².